The van der Waals surface area contributed by atoms with Crippen LogP contribution >= 0.6 is 0 Å². The van der Waals surface area contributed by atoms with Crippen LogP contribution in [0.5, 0.6) is 5.75 Å². The monoisotopic (exact) mass is 458 g/mol. The van der Waals surface area contributed by atoms with Gasteiger partial charge in [-0.3, -0.25) is 9.78 Å². The Hall–Kier alpha value is -3.87. The minimum atomic E-state index is -0.231. The van der Waals surface area contributed by atoms with E-state index >= 15 is 0 Å². The molecule has 2 aromatic carbocycles. The number of urea groups is 1. The second-order valence-corrected chi connectivity index (χ2v) is 8.64. The van der Waals surface area contributed by atoms with Crippen molar-refractivity contribution in [3.8, 4) is 5.75 Å². The molecule has 1 unspecified atom stereocenters. The van der Waals surface area contributed by atoms with Gasteiger partial charge < -0.3 is 20.3 Å². The Morgan fingerprint density at radius 3 is 2.76 bits per heavy atom. The summed E-state index contributed by atoms with van der Waals surface area (Å²) in [4.78, 5) is 31.4. The Balaban J connectivity index is 1.28. The molecule has 1 aromatic heterocycles. The van der Waals surface area contributed by atoms with Crippen LogP contribution in [0.4, 0.5) is 10.5 Å². The van der Waals surface area contributed by atoms with Crippen LogP contribution in [0.3, 0.4) is 0 Å². The summed E-state index contributed by atoms with van der Waals surface area (Å²) in [5.41, 5.74) is 3.48. The van der Waals surface area contributed by atoms with Gasteiger partial charge in [-0.05, 0) is 62.1 Å². The fraction of sp³-hybridized carbons (Fsp3) is 0.296. The molecule has 0 spiro atoms. The molecule has 7 heteroatoms. The van der Waals surface area contributed by atoms with Gasteiger partial charge in [0.05, 0.1) is 0 Å². The molecule has 0 aliphatic carbocycles. The molecule has 1 fully saturated rings. The van der Waals surface area contributed by atoms with Gasteiger partial charge in [-0.1, -0.05) is 29.8 Å². The minimum absolute atomic E-state index is 0.0133. The molecule has 34 heavy (non-hydrogen) atoms. The molecule has 0 saturated carbocycles. The normalized spacial score (nSPS) is 15.4. The van der Waals surface area contributed by atoms with Crippen molar-refractivity contribution in [2.24, 2.45) is 5.92 Å². The zero-order chi connectivity index (χ0) is 23.8. The van der Waals surface area contributed by atoms with Crippen LogP contribution in [-0.4, -0.2) is 41.5 Å². The zero-order valence-electron chi connectivity index (χ0n) is 19.4. The van der Waals surface area contributed by atoms with Crippen molar-refractivity contribution in [2.75, 3.05) is 25.0 Å². The van der Waals surface area contributed by atoms with Crippen LogP contribution in [0.15, 0.2) is 73.1 Å². The van der Waals surface area contributed by atoms with E-state index in [0.717, 1.165) is 29.7 Å². The average molecular weight is 459 g/mol. The van der Waals surface area contributed by atoms with Crippen molar-refractivity contribution in [2.45, 2.75) is 26.4 Å². The maximum absolute atomic E-state index is 13.1. The zero-order valence-corrected chi connectivity index (χ0v) is 19.4. The molecule has 176 valence electrons. The summed E-state index contributed by atoms with van der Waals surface area (Å²) in [5.74, 6) is 0.852. The van der Waals surface area contributed by atoms with Crippen molar-refractivity contribution in [3.05, 3.63) is 89.7 Å². The number of ether oxygens (including phenoxy) is 1. The van der Waals surface area contributed by atoms with E-state index in [4.69, 9.17) is 4.74 Å². The molecule has 1 saturated heterocycles. The SMILES string of the molecule is Cc1ccc(NC(=O)NCC2CCCN(C(=O)c3cccc(OCc4cccnc4)c3)C2)cc1. The van der Waals surface area contributed by atoms with E-state index < -0.39 is 0 Å². The number of benzene rings is 2. The van der Waals surface area contributed by atoms with E-state index in [1.54, 1.807) is 18.5 Å². The van der Waals surface area contributed by atoms with Crippen molar-refractivity contribution in [1.29, 1.82) is 0 Å². The smallest absolute Gasteiger partial charge is 0.319 e. The highest BCUT2D eigenvalue weighted by Gasteiger charge is 2.25. The molecule has 3 amide bonds. The first-order valence-corrected chi connectivity index (χ1v) is 11.6. The fourth-order valence-corrected chi connectivity index (χ4v) is 4.02. The number of nitrogens with zero attached hydrogens (tertiary/aromatic N) is 2. The lowest BCUT2D eigenvalue weighted by Gasteiger charge is -2.33. The summed E-state index contributed by atoms with van der Waals surface area (Å²) in [6.07, 6.45) is 5.37. The van der Waals surface area contributed by atoms with E-state index in [9.17, 15) is 9.59 Å². The van der Waals surface area contributed by atoms with E-state index in [1.807, 2.05) is 66.4 Å². The summed E-state index contributed by atoms with van der Waals surface area (Å²) in [7, 11) is 0. The van der Waals surface area contributed by atoms with E-state index in [-0.39, 0.29) is 17.9 Å². The Kier molecular flexibility index (Phi) is 7.75. The van der Waals surface area contributed by atoms with Crippen LogP contribution in [0.25, 0.3) is 0 Å². The first-order valence-electron chi connectivity index (χ1n) is 11.6. The van der Waals surface area contributed by atoms with Crippen LogP contribution in [-0.2, 0) is 6.61 Å². The number of hydrogen-bond donors (Lipinski definition) is 2. The van der Waals surface area contributed by atoms with E-state index in [1.165, 1.54) is 0 Å². The third kappa shape index (κ3) is 6.57. The predicted molar refractivity (Wildman–Crippen MR) is 132 cm³/mol. The average Bonchev–Trinajstić information content (AvgIpc) is 2.88. The number of piperidine rings is 1. The minimum Gasteiger partial charge on any atom is -0.489 e. The van der Waals surface area contributed by atoms with Crippen molar-refractivity contribution >= 4 is 17.6 Å². The molecular formula is C27H30N4O3. The first-order chi connectivity index (χ1) is 16.6. The third-order valence-corrected chi connectivity index (χ3v) is 5.88. The highest BCUT2D eigenvalue weighted by atomic mass is 16.5. The van der Waals surface area contributed by atoms with Gasteiger partial charge in [-0.2, -0.15) is 0 Å². The molecule has 0 radical (unpaired) electrons. The van der Waals surface area contributed by atoms with Gasteiger partial charge in [0.15, 0.2) is 0 Å². The van der Waals surface area contributed by atoms with Gasteiger partial charge in [-0.15, -0.1) is 0 Å². The summed E-state index contributed by atoms with van der Waals surface area (Å²) < 4.78 is 5.85. The Morgan fingerprint density at radius 1 is 1.12 bits per heavy atom. The molecule has 1 atom stereocenters. The van der Waals surface area contributed by atoms with Crippen molar-refractivity contribution in [3.63, 3.8) is 0 Å². The molecule has 7 nitrogen and oxygen atoms in total. The molecule has 2 N–H and O–H groups in total. The van der Waals surface area contributed by atoms with Crippen LogP contribution in [0.2, 0.25) is 0 Å². The number of aromatic nitrogens is 1. The number of anilines is 1. The number of likely N-dealkylation sites (tertiary alicyclic amines) is 1. The number of aryl methyl sites for hydroxylation is 1. The quantitative estimate of drug-likeness (QED) is 0.540. The summed E-state index contributed by atoms with van der Waals surface area (Å²) in [6.45, 7) is 4.26. The van der Waals surface area contributed by atoms with Crippen LogP contribution in [0.1, 0.15) is 34.3 Å². The van der Waals surface area contributed by atoms with Crippen molar-refractivity contribution < 1.29 is 14.3 Å². The summed E-state index contributed by atoms with van der Waals surface area (Å²) in [5, 5.41) is 5.79. The molecule has 0 bridgehead atoms. The Labute approximate surface area is 200 Å². The Bertz CT molecular complexity index is 1100. The van der Waals surface area contributed by atoms with E-state index in [0.29, 0.717) is 37.6 Å². The predicted octanol–water partition coefficient (Wildman–Crippen LogP) is 4.64. The molecule has 4 rings (SSSR count). The number of carbonyl (C=O) groups is 2. The van der Waals surface area contributed by atoms with Gasteiger partial charge >= 0.3 is 6.03 Å². The molecule has 2 heterocycles. The van der Waals surface area contributed by atoms with Crippen LogP contribution in [0, 0.1) is 12.8 Å². The van der Waals surface area contributed by atoms with Gasteiger partial charge in [-0.25, -0.2) is 4.79 Å². The maximum atomic E-state index is 13.1. The number of amides is 3. The number of rotatable bonds is 7. The third-order valence-electron chi connectivity index (χ3n) is 5.88. The lowest BCUT2D eigenvalue weighted by atomic mass is 9.97. The number of pyridine rings is 1. The number of nitrogens with one attached hydrogen (secondary N) is 2. The largest absolute Gasteiger partial charge is 0.489 e. The second-order valence-electron chi connectivity index (χ2n) is 8.64. The molecule has 3 aromatic rings. The van der Waals surface area contributed by atoms with Gasteiger partial charge in [0.1, 0.15) is 12.4 Å². The van der Waals surface area contributed by atoms with E-state index in [2.05, 4.69) is 15.6 Å². The second kappa shape index (κ2) is 11.3. The highest BCUT2D eigenvalue weighted by Crippen LogP contribution is 2.21. The van der Waals surface area contributed by atoms with Gasteiger partial charge in [0, 0.05) is 48.8 Å². The highest BCUT2D eigenvalue weighted by molar-refractivity contribution is 5.94. The molecule has 1 aliphatic heterocycles. The number of hydrogen-bond acceptors (Lipinski definition) is 4. The standard InChI is InChI=1S/C27H30N4O3/c1-20-9-11-24(12-10-20)30-27(33)29-17-21-6-4-14-31(18-21)26(32)23-7-2-8-25(15-23)34-19-22-5-3-13-28-16-22/h2-3,5,7-13,15-16,21H,4,6,14,17-19H2,1H3,(H2,29,30,33). The summed E-state index contributed by atoms with van der Waals surface area (Å²) in [6, 6.07) is 18.6. The fourth-order valence-electron chi connectivity index (χ4n) is 4.02. The van der Waals surface area contributed by atoms with Crippen LogP contribution < -0.4 is 15.4 Å². The molecular weight excluding hydrogens is 428 g/mol. The Morgan fingerprint density at radius 2 is 1.97 bits per heavy atom. The summed E-state index contributed by atoms with van der Waals surface area (Å²) >= 11 is 0. The first kappa shape index (κ1) is 23.3. The topological polar surface area (TPSA) is 83.6 Å². The van der Waals surface area contributed by atoms with Gasteiger partial charge in [0.25, 0.3) is 5.91 Å². The van der Waals surface area contributed by atoms with Gasteiger partial charge in [0.2, 0.25) is 0 Å². The lowest BCUT2D eigenvalue weighted by Crippen LogP contribution is -2.44. The van der Waals surface area contributed by atoms with Crippen molar-refractivity contribution in [1.82, 2.24) is 15.2 Å². The maximum Gasteiger partial charge on any atom is 0.319 e. The lowest BCUT2D eigenvalue weighted by molar-refractivity contribution is 0.0674. The molecule has 1 aliphatic rings. The number of carbonyl (C=O) groups excluding carboxylic acids is 2.